The number of hydrogen-bond donors (Lipinski definition) is 5. The predicted octanol–water partition coefficient (Wildman–Crippen LogP) is 0.288. The third-order valence-corrected chi connectivity index (χ3v) is 8.12. The van der Waals surface area contributed by atoms with E-state index in [4.69, 9.17) is 23.7 Å². The Morgan fingerprint density at radius 2 is 1.76 bits per heavy atom. The minimum absolute atomic E-state index is 0.00721. The minimum atomic E-state index is -2.33. The van der Waals surface area contributed by atoms with E-state index in [1.807, 2.05) is 13.0 Å². The van der Waals surface area contributed by atoms with Gasteiger partial charge in [0, 0.05) is 58.5 Å². The van der Waals surface area contributed by atoms with Crippen molar-refractivity contribution in [2.24, 2.45) is 11.3 Å². The highest BCUT2D eigenvalue weighted by Gasteiger charge is 2.61. The molecule has 2 saturated heterocycles. The molecule has 0 aromatic carbocycles. The average Bonchev–Trinajstić information content (AvgIpc) is 2.87. The molecule has 0 amide bonds. The van der Waals surface area contributed by atoms with Crippen LogP contribution in [0.1, 0.15) is 53.4 Å². The van der Waals surface area contributed by atoms with Crippen molar-refractivity contribution < 1.29 is 54.0 Å². The smallest absolute Gasteiger partial charge is 0.338 e. The molecule has 11 nitrogen and oxygen atoms in total. The zero-order chi connectivity index (χ0) is 28.1. The first-order valence-corrected chi connectivity index (χ1v) is 12.8. The first kappa shape index (κ1) is 32.1. The number of cyclic esters (lactones) is 1. The van der Waals surface area contributed by atoms with E-state index in [9.17, 15) is 30.3 Å². The molecule has 9 unspecified atom stereocenters. The maximum absolute atomic E-state index is 13.2. The van der Waals surface area contributed by atoms with Gasteiger partial charge in [-0.25, -0.2) is 4.79 Å². The summed E-state index contributed by atoms with van der Waals surface area (Å²) in [5.41, 5.74) is -0.796. The second-order valence-electron chi connectivity index (χ2n) is 10.7. The number of fused-ring (bicyclic) bond motifs is 2. The van der Waals surface area contributed by atoms with E-state index in [-0.39, 0.29) is 31.8 Å². The monoisotopic (exact) mass is 534 g/mol. The van der Waals surface area contributed by atoms with Gasteiger partial charge in [0.05, 0.1) is 24.4 Å². The number of carbonyl (C=O) groups is 1. The lowest BCUT2D eigenvalue weighted by Gasteiger charge is -2.54. The van der Waals surface area contributed by atoms with E-state index in [0.29, 0.717) is 12.0 Å². The zero-order valence-corrected chi connectivity index (χ0v) is 23.0. The van der Waals surface area contributed by atoms with Crippen LogP contribution in [0.15, 0.2) is 11.6 Å². The maximum Gasteiger partial charge on any atom is 0.338 e. The quantitative estimate of drug-likeness (QED) is 0.225. The van der Waals surface area contributed by atoms with E-state index < -0.39 is 66.0 Å². The van der Waals surface area contributed by atoms with Crippen molar-refractivity contribution in [3.63, 3.8) is 0 Å². The standard InChI is InChI=1S/C26H46O11/c1-8-15(13-27)9-14(2)17-10-16(33-5)11-20(28)25(3,4)26(32)23(30)19(34-6)12-18(37-26)22(35-7)21(29)24(31)36-17/h9,15-23,27-30,32H,8,10-13H2,1-7H3/b14-9+/t15?,16?,17?,18-,19?,20?,21?,22?,23?,26?/m1/s1. The summed E-state index contributed by atoms with van der Waals surface area (Å²) in [6.45, 7) is 6.72. The molecular weight excluding hydrogens is 488 g/mol. The van der Waals surface area contributed by atoms with Crippen LogP contribution >= 0.6 is 0 Å². The van der Waals surface area contributed by atoms with Gasteiger partial charge in [-0.15, -0.1) is 0 Å². The van der Waals surface area contributed by atoms with Gasteiger partial charge in [0.25, 0.3) is 0 Å². The van der Waals surface area contributed by atoms with Crippen LogP contribution in [0.25, 0.3) is 0 Å². The number of ether oxygens (including phenoxy) is 5. The number of methoxy groups -OCH3 is 3. The Bertz CT molecular complexity index is 768. The Hall–Kier alpha value is -1.15. The SMILES string of the molecule is CCC(/C=C(\C)C1CC(OC)CC(O)C(C)(C)C2(O)O[C@H](CC(OC)C2O)C(OC)C(O)C(=O)O1)CO. The molecule has 10 atom stereocenters. The van der Waals surface area contributed by atoms with Gasteiger partial charge in [-0.2, -0.15) is 0 Å². The largest absolute Gasteiger partial charge is 0.456 e. The molecule has 2 aliphatic rings. The normalized spacial score (nSPS) is 40.6. The molecule has 2 rings (SSSR count). The van der Waals surface area contributed by atoms with Crippen LogP contribution in [-0.2, 0) is 28.5 Å². The summed E-state index contributed by atoms with van der Waals surface area (Å²) in [4.78, 5) is 13.2. The third-order valence-electron chi connectivity index (χ3n) is 8.12. The van der Waals surface area contributed by atoms with Gasteiger partial charge >= 0.3 is 5.97 Å². The summed E-state index contributed by atoms with van der Waals surface area (Å²) in [7, 11) is 4.10. The number of rotatable bonds is 7. The third kappa shape index (κ3) is 6.71. The fraction of sp³-hybridized carbons (Fsp3) is 0.885. The first-order chi connectivity index (χ1) is 17.3. The summed E-state index contributed by atoms with van der Waals surface area (Å²) in [5.74, 6) is -3.45. The molecule has 11 heteroatoms. The molecule has 216 valence electrons. The van der Waals surface area contributed by atoms with Crippen LogP contribution in [0, 0.1) is 11.3 Å². The molecule has 0 aromatic heterocycles. The second kappa shape index (κ2) is 13.3. The Labute approximate surface area is 219 Å². The van der Waals surface area contributed by atoms with Crippen LogP contribution in [0.2, 0.25) is 0 Å². The van der Waals surface area contributed by atoms with Crippen LogP contribution < -0.4 is 0 Å². The summed E-state index contributed by atoms with van der Waals surface area (Å²) >= 11 is 0. The van der Waals surface area contributed by atoms with Gasteiger partial charge in [0.2, 0.25) is 5.79 Å². The number of hydrogen-bond acceptors (Lipinski definition) is 11. The van der Waals surface area contributed by atoms with Crippen molar-refractivity contribution in [1.82, 2.24) is 0 Å². The predicted molar refractivity (Wildman–Crippen MR) is 132 cm³/mol. The van der Waals surface area contributed by atoms with Crippen LogP contribution in [0.5, 0.6) is 0 Å². The average molecular weight is 535 g/mol. The van der Waals surface area contributed by atoms with Crippen LogP contribution in [-0.4, -0.2) is 114 Å². The van der Waals surface area contributed by atoms with E-state index >= 15 is 0 Å². The highest BCUT2D eigenvalue weighted by Crippen LogP contribution is 2.46. The fourth-order valence-electron chi connectivity index (χ4n) is 5.16. The molecule has 2 fully saturated rings. The number of esters is 1. The topological polar surface area (TPSA) is 164 Å². The van der Waals surface area contributed by atoms with E-state index in [0.717, 1.165) is 0 Å². The Kier molecular flexibility index (Phi) is 11.5. The van der Waals surface area contributed by atoms with Gasteiger partial charge in [0.1, 0.15) is 18.3 Å². The van der Waals surface area contributed by atoms with E-state index in [1.165, 1.54) is 21.3 Å². The molecule has 2 aliphatic heterocycles. The number of aliphatic hydroxyl groups excluding tert-OH is 4. The van der Waals surface area contributed by atoms with Crippen molar-refractivity contribution >= 4 is 5.97 Å². The summed E-state index contributed by atoms with van der Waals surface area (Å²) in [6, 6.07) is 0. The van der Waals surface area contributed by atoms with Crippen molar-refractivity contribution in [2.75, 3.05) is 27.9 Å². The van der Waals surface area contributed by atoms with Gasteiger partial charge in [-0.3, -0.25) is 0 Å². The van der Waals surface area contributed by atoms with Gasteiger partial charge in [-0.05, 0) is 18.9 Å². The van der Waals surface area contributed by atoms with Crippen LogP contribution in [0.3, 0.4) is 0 Å². The summed E-state index contributed by atoms with van der Waals surface area (Å²) in [5, 5.41) is 54.7. The highest BCUT2D eigenvalue weighted by molar-refractivity contribution is 5.75. The molecule has 0 spiro atoms. The minimum Gasteiger partial charge on any atom is -0.456 e. The lowest BCUT2D eigenvalue weighted by atomic mass is 9.70. The van der Waals surface area contributed by atoms with Crippen molar-refractivity contribution in [1.29, 1.82) is 0 Å². The van der Waals surface area contributed by atoms with E-state index in [1.54, 1.807) is 20.8 Å². The molecule has 5 N–H and O–H groups in total. The maximum atomic E-state index is 13.2. The van der Waals surface area contributed by atoms with Gasteiger partial charge in [-0.1, -0.05) is 26.8 Å². The first-order valence-electron chi connectivity index (χ1n) is 12.8. The molecular formula is C26H46O11. The summed E-state index contributed by atoms with van der Waals surface area (Å²) < 4.78 is 28.2. The van der Waals surface area contributed by atoms with Crippen molar-refractivity contribution in [2.45, 2.75) is 108 Å². The second-order valence-corrected chi connectivity index (χ2v) is 10.7. The lowest BCUT2D eigenvalue weighted by Crippen LogP contribution is -2.69. The number of aliphatic hydroxyl groups is 5. The van der Waals surface area contributed by atoms with Crippen molar-refractivity contribution in [3.05, 3.63) is 11.6 Å². The lowest BCUT2D eigenvalue weighted by molar-refractivity contribution is -0.387. The molecule has 0 aliphatic carbocycles. The highest BCUT2D eigenvalue weighted by atomic mass is 16.7. The molecule has 0 saturated carbocycles. The molecule has 0 aromatic rings. The Morgan fingerprint density at radius 3 is 2.27 bits per heavy atom. The van der Waals surface area contributed by atoms with E-state index in [2.05, 4.69) is 0 Å². The van der Waals surface area contributed by atoms with Crippen LogP contribution in [0.4, 0.5) is 0 Å². The zero-order valence-electron chi connectivity index (χ0n) is 23.0. The van der Waals surface area contributed by atoms with Gasteiger partial charge < -0.3 is 49.2 Å². The molecule has 37 heavy (non-hydrogen) atoms. The number of carbonyl (C=O) groups excluding carboxylic acids is 1. The van der Waals surface area contributed by atoms with Gasteiger partial charge in [0.15, 0.2) is 6.10 Å². The molecule has 2 bridgehead atoms. The summed E-state index contributed by atoms with van der Waals surface area (Å²) in [6.07, 6.45) is -6.73. The molecule has 2 heterocycles. The molecule has 0 radical (unpaired) electrons. The Balaban J connectivity index is 2.60. The fourth-order valence-corrected chi connectivity index (χ4v) is 5.16. The Morgan fingerprint density at radius 1 is 1.11 bits per heavy atom. The van der Waals surface area contributed by atoms with Crippen molar-refractivity contribution in [3.8, 4) is 0 Å².